The number of carbonyl (C=O) groups is 6. The van der Waals surface area contributed by atoms with Gasteiger partial charge in [0.1, 0.15) is 62.9 Å². The van der Waals surface area contributed by atoms with Crippen molar-refractivity contribution in [3.05, 3.63) is 192 Å². The summed E-state index contributed by atoms with van der Waals surface area (Å²) in [5.74, 6) is -7.55. The Morgan fingerprint density at radius 2 is 0.880 bits per heavy atom. The van der Waals surface area contributed by atoms with Gasteiger partial charge in [0.25, 0.3) is 0 Å². The Balaban J connectivity index is 0.000000568. The minimum atomic E-state index is -2.92. The Morgan fingerprint density at radius 1 is 0.544 bits per heavy atom. The van der Waals surface area contributed by atoms with Crippen molar-refractivity contribution >= 4 is 115 Å². The summed E-state index contributed by atoms with van der Waals surface area (Å²) in [5, 5.41) is 23.2. The zero-order chi connectivity index (χ0) is 93.0. The predicted molar refractivity (Wildman–Crippen MR) is 482 cm³/mol. The lowest BCUT2D eigenvalue weighted by molar-refractivity contribution is -0.158. The van der Waals surface area contributed by atoms with Gasteiger partial charge in [0.05, 0.1) is 60.8 Å². The molecule has 2 amide bonds. The molecule has 42 heteroatoms. The quantitative estimate of drug-likeness (QED) is 0.00492. The average molecular weight is 2080 g/mol. The monoisotopic (exact) mass is 2080 g/mol. The van der Waals surface area contributed by atoms with Crippen LogP contribution in [-0.2, 0) is 68.7 Å². The van der Waals surface area contributed by atoms with Crippen LogP contribution in [0.5, 0.6) is 0 Å². The lowest BCUT2D eigenvalue weighted by Gasteiger charge is -2.31. The highest BCUT2D eigenvalue weighted by Gasteiger charge is 2.36. The number of esters is 3. The van der Waals surface area contributed by atoms with E-state index in [9.17, 15) is 77.8 Å². The third-order valence-electron chi connectivity index (χ3n) is 15.6. The van der Waals surface area contributed by atoms with E-state index in [1.54, 1.807) is 83.1 Å². The molecule has 0 radical (unpaired) electrons. The van der Waals surface area contributed by atoms with Crippen molar-refractivity contribution in [1.29, 1.82) is 0 Å². The van der Waals surface area contributed by atoms with Crippen molar-refractivity contribution in [3.8, 4) is 33.8 Å². The van der Waals surface area contributed by atoms with E-state index in [0.717, 1.165) is 82.2 Å². The summed E-state index contributed by atoms with van der Waals surface area (Å²) in [6.07, 6.45) is 1.60. The molecule has 0 spiro atoms. The van der Waals surface area contributed by atoms with E-state index in [4.69, 9.17) is 34.2 Å². The maximum atomic E-state index is 15.4. The van der Waals surface area contributed by atoms with Crippen LogP contribution >= 0.6 is 79.0 Å². The number of aliphatic hydroxyl groups is 1. The Kier molecular flexibility index (Phi) is 47.4. The minimum Gasteiger partial charge on any atom is -0.460 e. The van der Waals surface area contributed by atoms with Gasteiger partial charge in [-0.15, -0.1) is 26.8 Å². The number of nitrogens with zero attached hydrogens (tertiary/aromatic N) is 7. The highest BCUT2D eigenvalue weighted by Crippen LogP contribution is 2.60. The first-order valence-corrected chi connectivity index (χ1v) is 45.8. The molecule has 0 saturated carbocycles. The van der Waals surface area contributed by atoms with E-state index in [2.05, 4.69) is 128 Å². The first kappa shape index (κ1) is 114. The molecule has 5 aromatic carbocycles. The van der Waals surface area contributed by atoms with Crippen molar-refractivity contribution in [3.63, 3.8) is 0 Å². The van der Waals surface area contributed by atoms with Crippen molar-refractivity contribution in [2.24, 2.45) is 17.6 Å². The number of nitrogens with one attached hydrogen (secondary N) is 3. The fourth-order valence-corrected chi connectivity index (χ4v) is 11.3. The SMILES string of the molecule is C.C.CC(C)(C)OC(=O)CN.CC(C)(C)OC(=O)C[C@@H](Cc1ccc(I)cc1)[C@@H](O)CN(Cc1c(F)cc(-c2ccn(C(F)F)n2)cc1F)NC(=O)OC(C)(C)C.CC(C)(C)OC(=O)C[C@@H](Cc1ccc(I)cc1)[C@@H]1CO1.CC(C)(C)OC(=O)NNCc1c(F)cc(-c2ccn(C(F)F)n2)cc1F.O=Cc1c(F)cc(-c2ccn(C(F)F)n2)cc1F.PP(P)P. The fraction of sp³-hybridized carbons (Fsp3) is 0.458. The molecule has 3 aromatic heterocycles. The fourth-order valence-electron chi connectivity index (χ4n) is 10.6. The molecule has 0 bridgehead atoms. The summed E-state index contributed by atoms with van der Waals surface area (Å²) < 4.78 is 196. The van der Waals surface area contributed by atoms with Crippen molar-refractivity contribution in [2.45, 2.75) is 217 Å². The Labute approximate surface area is 756 Å². The lowest BCUT2D eigenvalue weighted by Crippen LogP contribution is -2.49. The van der Waals surface area contributed by atoms with Crippen LogP contribution in [0.3, 0.4) is 0 Å². The van der Waals surface area contributed by atoms with Crippen LogP contribution in [0.2, 0.25) is 0 Å². The van der Waals surface area contributed by atoms with Gasteiger partial charge in [0.2, 0.25) is 0 Å². The van der Waals surface area contributed by atoms with E-state index in [-0.39, 0.29) is 124 Å². The van der Waals surface area contributed by atoms with Crippen molar-refractivity contribution in [2.75, 3.05) is 19.7 Å². The molecule has 1 aliphatic heterocycles. The topological polar surface area (TPSA) is 300 Å². The van der Waals surface area contributed by atoms with Crippen molar-refractivity contribution in [1.82, 2.24) is 50.6 Å². The van der Waals surface area contributed by atoms with Gasteiger partial charge in [0.15, 0.2) is 6.29 Å². The summed E-state index contributed by atoms with van der Waals surface area (Å²) in [6, 6.07) is 25.1. The number of hydrogen-bond acceptors (Lipinski definition) is 19. The zero-order valence-electron chi connectivity index (χ0n) is 70.1. The third kappa shape index (κ3) is 44.4. The number of rotatable bonds is 26. The summed E-state index contributed by atoms with van der Waals surface area (Å²) in [7, 11) is 7.94. The first-order chi connectivity index (χ1) is 56.9. The molecule has 7 atom stereocenters. The number of amides is 2. The average Bonchev–Trinajstić information content (AvgIpc) is 1.77. The van der Waals surface area contributed by atoms with E-state index in [0.29, 0.717) is 20.5 Å². The van der Waals surface area contributed by atoms with E-state index < -0.39 is 130 Å². The highest BCUT2D eigenvalue weighted by molar-refractivity contribution is 14.1. The Morgan fingerprint density at radius 3 is 1.21 bits per heavy atom. The maximum Gasteiger partial charge on any atom is 0.422 e. The standard InChI is InChI=1S/C32H39F4IN4O5.C16H18F4N4O2.C16H21IO3.C11H6F4N2O.C6H13NO2.2CH4.H6P4/c1-31(2,3)45-28(43)16-21(13-19-7-9-22(37)10-8-19)27(42)18-40(39-30(44)46-32(4,5)6)17-23-24(33)14-20(15-25(23)34)26-11-12-41(38-26)29(35)36;1-16(2,3)26-15(25)22-21-8-10-11(17)6-9(7-12(10)18)13-4-5-24(23-13)14(19)20;1-16(2,3)20-15(18)9-12(14-10-19-14)8-11-4-6-13(17)7-5-11;12-8-3-6(4-9(13)7(8)5-18)10-1-2-17(16-10)11(14)15;1-6(2,3)9-5(8)4-7;;;1-4(2)3/h7-12,14-15,21,27,29,42H,13,16-18H2,1-6H3,(H,39,44);4-7,14,21H,8H2,1-3H3,(H,22,25);4-7,12,14H,8-10H2,1-3H3;1-5,11H;4,7H2,1-3H3;2*1H4;1-3H2/t21-,27+;;12-,14+;;;;;/m1.1...../s1. The van der Waals surface area contributed by atoms with Gasteiger partial charge in [0, 0.05) is 85.0 Å². The van der Waals surface area contributed by atoms with E-state index in [1.165, 1.54) is 27.3 Å². The van der Waals surface area contributed by atoms with Gasteiger partial charge in [-0.05, 0) is 259 Å². The number of aldehydes is 1. The van der Waals surface area contributed by atoms with Crippen LogP contribution in [0.25, 0.3) is 33.8 Å². The largest absolute Gasteiger partial charge is 0.460 e. The number of ether oxygens (including phenoxy) is 6. The number of alkyl halides is 6. The number of hydrazine groups is 2. The molecule has 0 aliphatic carbocycles. The second-order valence-corrected chi connectivity index (χ2v) is 46.2. The van der Waals surface area contributed by atoms with Gasteiger partial charge in [-0.2, -0.15) is 41.6 Å². The molecule has 1 aliphatic rings. The Hall–Kier alpha value is -7.51. The zero-order valence-corrected chi connectivity index (χ0v) is 78.7. The number of aliphatic hydroxyl groups excluding tert-OH is 1. The van der Waals surface area contributed by atoms with Crippen LogP contribution in [0.1, 0.15) is 184 Å². The van der Waals surface area contributed by atoms with Crippen LogP contribution in [0, 0.1) is 53.9 Å². The van der Waals surface area contributed by atoms with Crippen LogP contribution in [0.4, 0.5) is 62.3 Å². The van der Waals surface area contributed by atoms with Crippen LogP contribution in [0.15, 0.2) is 122 Å². The normalized spacial score (nSPS) is 13.2. The van der Waals surface area contributed by atoms with Gasteiger partial charge in [-0.3, -0.25) is 30.0 Å². The van der Waals surface area contributed by atoms with E-state index >= 15 is 8.78 Å². The number of carbonyl (C=O) groups excluding carboxylic acids is 6. The molecule has 1 saturated heterocycles. The molecule has 125 heavy (non-hydrogen) atoms. The molecular formula is C83H111F12I2N11O13P4. The smallest absolute Gasteiger partial charge is 0.422 e. The molecule has 6 N–H and O–H groups in total. The molecule has 8 aromatic rings. The number of benzene rings is 5. The third-order valence-corrected chi connectivity index (χ3v) is 17.0. The van der Waals surface area contributed by atoms with E-state index in [1.807, 2.05) is 45.0 Å². The first-order valence-electron chi connectivity index (χ1n) is 37.5. The van der Waals surface area contributed by atoms with Gasteiger partial charge in [-0.25, -0.2) is 60.4 Å². The molecule has 4 heterocycles. The lowest BCUT2D eigenvalue weighted by atomic mass is 9.90. The summed E-state index contributed by atoms with van der Waals surface area (Å²) in [6.45, 7) is 17.2. The number of aromatic nitrogens is 6. The molecule has 24 nitrogen and oxygen atoms in total. The molecular weight excluding hydrogens is 1960 g/mol. The van der Waals surface area contributed by atoms with Gasteiger partial charge >= 0.3 is 49.7 Å². The number of nitrogens with two attached hydrogens (primary N) is 1. The van der Waals surface area contributed by atoms with Gasteiger partial charge < -0.3 is 39.3 Å². The number of epoxide rings is 1. The highest BCUT2D eigenvalue weighted by atomic mass is 127. The van der Waals surface area contributed by atoms with Crippen LogP contribution in [-0.4, -0.2) is 136 Å². The van der Waals surface area contributed by atoms with Gasteiger partial charge in [-0.1, -0.05) is 39.1 Å². The number of halogens is 14. The summed E-state index contributed by atoms with van der Waals surface area (Å²) in [5.41, 5.74) is 9.20. The maximum absolute atomic E-state index is 15.4. The predicted octanol–water partition coefficient (Wildman–Crippen LogP) is 20.8. The Bertz CT molecular complexity index is 4670. The molecule has 3 unspecified atom stereocenters. The molecule has 694 valence electrons. The molecule has 9 rings (SSSR count). The minimum absolute atomic E-state index is 0. The molecule has 1 fully saturated rings. The van der Waals surface area contributed by atoms with Crippen LogP contribution < -0.4 is 22.0 Å². The summed E-state index contributed by atoms with van der Waals surface area (Å²) in [4.78, 5) is 69.9. The second-order valence-electron chi connectivity index (χ2n) is 32.1. The number of hydrogen-bond donors (Lipinski definition) is 5. The van der Waals surface area contributed by atoms with Crippen molar-refractivity contribution < 1.29 is 115 Å². The summed E-state index contributed by atoms with van der Waals surface area (Å²) >= 11 is 4.45. The second kappa shape index (κ2) is 52.2.